The van der Waals surface area contributed by atoms with Crippen LogP contribution in [0.3, 0.4) is 0 Å². The average molecular weight is 835 g/mol. The van der Waals surface area contributed by atoms with E-state index in [1.165, 1.54) is 15.9 Å². The van der Waals surface area contributed by atoms with Gasteiger partial charge in [-0.3, -0.25) is 0 Å². The summed E-state index contributed by atoms with van der Waals surface area (Å²) >= 11 is 0. The fourth-order valence-corrected chi connectivity index (χ4v) is 12.5. The molecule has 0 N–H and O–H groups in total. The normalized spacial score (nSPS) is 14.7. The molecule has 274 valence electrons. The standard InChI is InChI=1S/C45H60O3PSi.HI/c1-10-11-22-36(2)44(47-35-38-30-32-39(46-7)33-31-38)37(3)43(48-50(8,9)45(4,5)6)29-21-34-49(40-23-15-12-16-24-40,41-25-17-13-18-26-41)42-27-19-14-20-28-42;/h10-20,22-28,30-33,36-37,43-44H,1,21,29,34-35H2,2-9H3;1H/q+1;/p-1/b22-11-;/t36-,37-,43+,44-;/m0./s1. The van der Waals surface area contributed by atoms with Crippen molar-refractivity contribution >= 4 is 31.5 Å². The number of allylic oxidation sites excluding steroid dienone is 2. The van der Waals surface area contributed by atoms with Crippen molar-refractivity contribution in [3.8, 4) is 5.75 Å². The summed E-state index contributed by atoms with van der Waals surface area (Å²) in [5.41, 5.74) is 1.13. The lowest BCUT2D eigenvalue weighted by Crippen LogP contribution is -3.00. The molecule has 0 spiro atoms. The molecule has 0 aliphatic rings. The zero-order valence-corrected chi connectivity index (χ0v) is 36.1. The third-order valence-electron chi connectivity index (χ3n) is 10.6. The molecule has 51 heavy (non-hydrogen) atoms. The molecule has 0 saturated carbocycles. The van der Waals surface area contributed by atoms with Crippen molar-refractivity contribution in [3.05, 3.63) is 146 Å². The molecular weight excluding hydrogens is 774 g/mol. The predicted octanol–water partition coefficient (Wildman–Crippen LogP) is 7.76. The average Bonchev–Trinajstić information content (AvgIpc) is 3.13. The Bertz CT molecular complexity index is 1510. The molecule has 6 heteroatoms. The van der Waals surface area contributed by atoms with Gasteiger partial charge in [0.2, 0.25) is 0 Å². The lowest BCUT2D eigenvalue weighted by atomic mass is 9.87. The van der Waals surface area contributed by atoms with E-state index in [9.17, 15) is 0 Å². The fourth-order valence-electron chi connectivity index (χ4n) is 6.67. The molecule has 4 aromatic rings. The highest BCUT2D eigenvalue weighted by atomic mass is 127. The highest BCUT2D eigenvalue weighted by Crippen LogP contribution is 2.56. The van der Waals surface area contributed by atoms with Crippen molar-refractivity contribution in [2.75, 3.05) is 13.3 Å². The SMILES string of the molecule is C=C/C=C\[C@H](C)[C@H](OCc1ccc(OC)cc1)[C@@H](C)[C@@H](CCC[P+](c1ccccc1)(c1ccccc1)c1ccccc1)O[Si](C)(C)C(C)(C)C.[I-]. The smallest absolute Gasteiger partial charge is 0.192 e. The molecule has 0 aromatic heterocycles. The molecule has 0 bridgehead atoms. The number of hydrogen-bond donors (Lipinski definition) is 0. The lowest BCUT2D eigenvalue weighted by Gasteiger charge is -2.43. The van der Waals surface area contributed by atoms with Gasteiger partial charge >= 0.3 is 0 Å². The van der Waals surface area contributed by atoms with Crippen LogP contribution in [0.5, 0.6) is 5.75 Å². The van der Waals surface area contributed by atoms with Crippen LogP contribution in [0, 0.1) is 11.8 Å². The Hall–Kier alpha value is -2.54. The molecule has 0 saturated heterocycles. The number of ether oxygens (including phenoxy) is 2. The minimum Gasteiger partial charge on any atom is -1.00 e. The molecule has 0 fully saturated rings. The van der Waals surface area contributed by atoms with Gasteiger partial charge in [0, 0.05) is 11.8 Å². The summed E-state index contributed by atoms with van der Waals surface area (Å²) in [4.78, 5) is 0. The highest BCUT2D eigenvalue weighted by molar-refractivity contribution is 7.95. The molecule has 0 aliphatic heterocycles. The van der Waals surface area contributed by atoms with Gasteiger partial charge in [-0.25, -0.2) is 0 Å². The lowest BCUT2D eigenvalue weighted by molar-refractivity contribution is -0.0540. The van der Waals surface area contributed by atoms with E-state index in [0.29, 0.717) is 6.61 Å². The zero-order valence-electron chi connectivity index (χ0n) is 32.1. The Morgan fingerprint density at radius 1 is 0.765 bits per heavy atom. The number of hydrogen-bond acceptors (Lipinski definition) is 3. The molecule has 3 nitrogen and oxygen atoms in total. The number of benzene rings is 4. The number of methoxy groups -OCH3 is 1. The second-order valence-corrected chi connectivity index (χ2v) is 23.4. The van der Waals surface area contributed by atoms with E-state index in [-0.39, 0.29) is 53.1 Å². The molecule has 4 aromatic carbocycles. The Morgan fingerprint density at radius 2 is 1.25 bits per heavy atom. The van der Waals surface area contributed by atoms with Gasteiger partial charge in [0.15, 0.2) is 8.32 Å². The third-order valence-corrected chi connectivity index (χ3v) is 19.6. The quantitative estimate of drug-likeness (QED) is 0.0445. The van der Waals surface area contributed by atoms with Crippen LogP contribution in [0.4, 0.5) is 0 Å². The zero-order chi connectivity index (χ0) is 36.2. The Kier molecular flexibility index (Phi) is 16.9. The maximum absolute atomic E-state index is 7.42. The van der Waals surface area contributed by atoms with Crippen LogP contribution >= 0.6 is 7.26 Å². The van der Waals surface area contributed by atoms with Crippen molar-refractivity contribution in [1.29, 1.82) is 0 Å². The molecule has 0 aliphatic carbocycles. The second kappa shape index (κ2) is 20.1. The van der Waals surface area contributed by atoms with E-state index in [1.807, 2.05) is 24.3 Å². The molecule has 0 unspecified atom stereocenters. The van der Waals surface area contributed by atoms with E-state index in [4.69, 9.17) is 13.9 Å². The van der Waals surface area contributed by atoms with Crippen LogP contribution < -0.4 is 44.6 Å². The summed E-state index contributed by atoms with van der Waals surface area (Å²) < 4.78 is 19.7. The summed E-state index contributed by atoms with van der Waals surface area (Å²) in [7, 11) is -2.37. The van der Waals surface area contributed by atoms with Gasteiger partial charge in [-0.1, -0.05) is 126 Å². The summed E-state index contributed by atoms with van der Waals surface area (Å²) in [6, 6.07) is 41.8. The molecule has 0 amide bonds. The Labute approximate surface area is 328 Å². The molecule has 0 radical (unpaired) electrons. The van der Waals surface area contributed by atoms with Gasteiger partial charge in [-0.2, -0.15) is 0 Å². The van der Waals surface area contributed by atoms with Crippen LogP contribution in [0.2, 0.25) is 18.1 Å². The maximum atomic E-state index is 7.42. The van der Waals surface area contributed by atoms with Crippen LogP contribution in [0.25, 0.3) is 0 Å². The van der Waals surface area contributed by atoms with Gasteiger partial charge in [0.05, 0.1) is 32.1 Å². The third kappa shape index (κ3) is 11.2. The Morgan fingerprint density at radius 3 is 1.69 bits per heavy atom. The van der Waals surface area contributed by atoms with Crippen molar-refractivity contribution < 1.29 is 37.9 Å². The maximum Gasteiger partial charge on any atom is 0.192 e. The first-order valence-corrected chi connectivity index (χ1v) is 23.1. The predicted molar refractivity (Wildman–Crippen MR) is 221 cm³/mol. The van der Waals surface area contributed by atoms with Crippen molar-refractivity contribution in [2.24, 2.45) is 11.8 Å². The van der Waals surface area contributed by atoms with Crippen LogP contribution in [-0.2, 0) is 15.8 Å². The first kappa shape index (κ1) is 42.9. The minimum atomic E-state index is -2.12. The molecule has 4 atom stereocenters. The van der Waals surface area contributed by atoms with Crippen molar-refractivity contribution in [3.63, 3.8) is 0 Å². The van der Waals surface area contributed by atoms with Crippen molar-refractivity contribution in [2.45, 2.75) is 84.4 Å². The number of halogens is 1. The van der Waals surface area contributed by atoms with Crippen LogP contribution in [0.1, 0.15) is 53.0 Å². The Balaban J connectivity index is 0.00000702. The van der Waals surface area contributed by atoms with Crippen LogP contribution in [0.15, 0.2) is 140 Å². The fraction of sp³-hybridized carbons (Fsp3) is 0.378. The van der Waals surface area contributed by atoms with Gasteiger partial charge in [-0.15, -0.1) is 0 Å². The molecule has 4 rings (SSSR count). The minimum absolute atomic E-state index is 0. The van der Waals surface area contributed by atoms with E-state index in [1.54, 1.807) is 7.11 Å². The van der Waals surface area contributed by atoms with E-state index in [2.05, 4.69) is 163 Å². The van der Waals surface area contributed by atoms with Gasteiger partial charge in [0.25, 0.3) is 0 Å². The van der Waals surface area contributed by atoms with E-state index < -0.39 is 15.6 Å². The monoisotopic (exact) mass is 834 g/mol. The summed E-state index contributed by atoms with van der Waals surface area (Å²) in [6.45, 7) is 20.9. The van der Waals surface area contributed by atoms with Gasteiger partial charge in [-0.05, 0) is 85.1 Å². The highest BCUT2D eigenvalue weighted by Gasteiger charge is 2.46. The molecule has 0 heterocycles. The first-order valence-electron chi connectivity index (χ1n) is 18.2. The number of rotatable bonds is 18. The van der Waals surface area contributed by atoms with Gasteiger partial charge < -0.3 is 37.9 Å². The topological polar surface area (TPSA) is 27.7 Å². The summed E-state index contributed by atoms with van der Waals surface area (Å²) in [5.74, 6) is 1.19. The summed E-state index contributed by atoms with van der Waals surface area (Å²) in [6.07, 6.45) is 9.19. The van der Waals surface area contributed by atoms with E-state index >= 15 is 0 Å². The van der Waals surface area contributed by atoms with Crippen molar-refractivity contribution in [1.82, 2.24) is 0 Å². The second-order valence-electron chi connectivity index (χ2n) is 15.1. The molecular formula is C45H60IO3PSi. The summed E-state index contributed by atoms with van der Waals surface area (Å²) in [5, 5.41) is 4.37. The largest absolute Gasteiger partial charge is 1.00 e. The first-order chi connectivity index (χ1) is 23.9. The van der Waals surface area contributed by atoms with E-state index in [0.717, 1.165) is 30.3 Å². The van der Waals surface area contributed by atoms with Crippen LogP contribution in [-0.4, -0.2) is 33.8 Å². The van der Waals surface area contributed by atoms with Gasteiger partial charge in [0.1, 0.15) is 28.9 Å².